The van der Waals surface area contributed by atoms with Gasteiger partial charge < -0.3 is 14.7 Å². The molecule has 1 aromatic carbocycles. The first-order chi connectivity index (χ1) is 11.2. The number of benzene rings is 1. The summed E-state index contributed by atoms with van der Waals surface area (Å²) >= 11 is 0. The topological polar surface area (TPSA) is 66.8 Å². The predicted octanol–water partition coefficient (Wildman–Crippen LogP) is 2.51. The van der Waals surface area contributed by atoms with Gasteiger partial charge in [-0.15, -0.1) is 0 Å². The maximum atomic E-state index is 12.8. The maximum absolute atomic E-state index is 12.8. The molecule has 8 heteroatoms. The van der Waals surface area contributed by atoms with Crippen molar-refractivity contribution in [3.05, 3.63) is 35.4 Å². The van der Waals surface area contributed by atoms with Gasteiger partial charge in [-0.1, -0.05) is 25.1 Å². The fraction of sp³-hybridized carbons (Fsp3) is 0.500. The van der Waals surface area contributed by atoms with E-state index in [1.165, 1.54) is 11.0 Å². The fourth-order valence-corrected chi connectivity index (χ4v) is 2.56. The highest BCUT2D eigenvalue weighted by atomic mass is 19.4. The quantitative estimate of drug-likeness (QED) is 0.911. The Kier molecular flexibility index (Phi) is 5.48. The van der Waals surface area contributed by atoms with Gasteiger partial charge in [-0.25, -0.2) is 4.79 Å². The third kappa shape index (κ3) is 4.47. The number of carbonyl (C=O) groups is 2. The SMILES string of the molecule is CC(CC(=O)N1CCOC(C(=O)O)C1)c1cccc(C(F)(F)F)c1. The molecule has 1 fully saturated rings. The van der Waals surface area contributed by atoms with E-state index >= 15 is 0 Å². The predicted molar refractivity (Wildman–Crippen MR) is 78.4 cm³/mol. The number of carbonyl (C=O) groups excluding carboxylic acids is 1. The van der Waals surface area contributed by atoms with Crippen LogP contribution in [0, 0.1) is 0 Å². The number of hydrogen-bond acceptors (Lipinski definition) is 3. The molecule has 1 aliphatic rings. The average Bonchev–Trinajstić information content (AvgIpc) is 2.54. The van der Waals surface area contributed by atoms with Gasteiger partial charge in [-0.05, 0) is 17.5 Å². The van der Waals surface area contributed by atoms with Crippen LogP contribution in [0.15, 0.2) is 24.3 Å². The van der Waals surface area contributed by atoms with Gasteiger partial charge in [0, 0.05) is 13.0 Å². The van der Waals surface area contributed by atoms with Crippen LogP contribution in [0.25, 0.3) is 0 Å². The molecule has 2 unspecified atom stereocenters. The van der Waals surface area contributed by atoms with Crippen molar-refractivity contribution in [3.8, 4) is 0 Å². The molecule has 0 spiro atoms. The van der Waals surface area contributed by atoms with Crippen molar-refractivity contribution in [1.29, 1.82) is 0 Å². The summed E-state index contributed by atoms with van der Waals surface area (Å²) in [5.41, 5.74) is -0.335. The lowest BCUT2D eigenvalue weighted by Gasteiger charge is -2.31. The summed E-state index contributed by atoms with van der Waals surface area (Å²) in [4.78, 5) is 24.6. The molecule has 2 rings (SSSR count). The molecule has 1 amide bonds. The van der Waals surface area contributed by atoms with Gasteiger partial charge >= 0.3 is 12.1 Å². The lowest BCUT2D eigenvalue weighted by Crippen LogP contribution is -2.48. The molecule has 0 bridgehead atoms. The Morgan fingerprint density at radius 3 is 2.75 bits per heavy atom. The minimum absolute atomic E-state index is 0.00759. The standard InChI is InChI=1S/C16H18F3NO4/c1-10(11-3-2-4-12(8-11)16(17,18)19)7-14(21)20-5-6-24-13(9-20)15(22)23/h2-4,8,10,13H,5-7,9H2,1H3,(H,22,23). The van der Waals surface area contributed by atoms with Crippen molar-refractivity contribution in [2.75, 3.05) is 19.7 Å². The summed E-state index contributed by atoms with van der Waals surface area (Å²) < 4.78 is 43.3. The van der Waals surface area contributed by atoms with E-state index in [1.54, 1.807) is 13.0 Å². The van der Waals surface area contributed by atoms with Crippen LogP contribution >= 0.6 is 0 Å². The zero-order valence-corrected chi connectivity index (χ0v) is 13.0. The van der Waals surface area contributed by atoms with Crippen LogP contribution in [0.1, 0.15) is 30.4 Å². The number of hydrogen-bond donors (Lipinski definition) is 1. The number of ether oxygens (including phenoxy) is 1. The third-order valence-corrected chi connectivity index (χ3v) is 3.96. The van der Waals surface area contributed by atoms with E-state index in [-0.39, 0.29) is 32.0 Å². The normalized spacial score (nSPS) is 19.8. The van der Waals surface area contributed by atoms with E-state index in [1.807, 2.05) is 0 Å². The van der Waals surface area contributed by atoms with Crippen molar-refractivity contribution in [3.63, 3.8) is 0 Å². The highest BCUT2D eigenvalue weighted by Crippen LogP contribution is 2.31. The van der Waals surface area contributed by atoms with Gasteiger partial charge in [0.25, 0.3) is 0 Å². The number of nitrogens with zero attached hydrogens (tertiary/aromatic N) is 1. The molecular formula is C16H18F3NO4. The van der Waals surface area contributed by atoms with Crippen molar-refractivity contribution in [2.45, 2.75) is 31.5 Å². The molecule has 132 valence electrons. The number of halogens is 3. The zero-order chi connectivity index (χ0) is 17.9. The molecule has 24 heavy (non-hydrogen) atoms. The number of alkyl halides is 3. The van der Waals surface area contributed by atoms with E-state index in [9.17, 15) is 22.8 Å². The van der Waals surface area contributed by atoms with Crippen LogP contribution in [0.4, 0.5) is 13.2 Å². The van der Waals surface area contributed by atoms with Crippen molar-refractivity contribution >= 4 is 11.9 Å². The van der Waals surface area contributed by atoms with Crippen LogP contribution in [-0.4, -0.2) is 47.7 Å². The van der Waals surface area contributed by atoms with Crippen molar-refractivity contribution in [1.82, 2.24) is 4.90 Å². The Bertz CT molecular complexity index is 618. The first-order valence-corrected chi connectivity index (χ1v) is 7.48. The summed E-state index contributed by atoms with van der Waals surface area (Å²) in [5, 5.41) is 8.93. The molecular weight excluding hydrogens is 327 g/mol. The summed E-state index contributed by atoms with van der Waals surface area (Å²) in [6.45, 7) is 2.02. The number of aliphatic carboxylic acids is 1. The molecule has 0 aromatic heterocycles. The third-order valence-electron chi connectivity index (χ3n) is 3.96. The summed E-state index contributed by atoms with van der Waals surface area (Å²) in [6.07, 6.45) is -5.49. The Morgan fingerprint density at radius 1 is 1.42 bits per heavy atom. The van der Waals surface area contributed by atoms with Gasteiger partial charge in [0.1, 0.15) is 0 Å². The largest absolute Gasteiger partial charge is 0.479 e. The first-order valence-electron chi connectivity index (χ1n) is 7.48. The van der Waals surface area contributed by atoms with Crippen LogP contribution < -0.4 is 0 Å². The second-order valence-corrected chi connectivity index (χ2v) is 5.77. The van der Waals surface area contributed by atoms with Crippen LogP contribution in [0.2, 0.25) is 0 Å². The lowest BCUT2D eigenvalue weighted by molar-refractivity contribution is -0.159. The van der Waals surface area contributed by atoms with E-state index in [0.29, 0.717) is 5.56 Å². The van der Waals surface area contributed by atoms with Crippen LogP contribution in [0.5, 0.6) is 0 Å². The number of carboxylic acids is 1. The second kappa shape index (κ2) is 7.21. The molecule has 1 aliphatic heterocycles. The molecule has 1 heterocycles. The molecule has 2 atom stereocenters. The first kappa shape index (κ1) is 18.3. The lowest BCUT2D eigenvalue weighted by atomic mass is 9.95. The summed E-state index contributed by atoms with van der Waals surface area (Å²) in [7, 11) is 0. The Morgan fingerprint density at radius 2 is 2.12 bits per heavy atom. The Balaban J connectivity index is 2.02. The molecule has 0 aliphatic carbocycles. The van der Waals surface area contributed by atoms with Crippen molar-refractivity contribution < 1.29 is 32.6 Å². The highest BCUT2D eigenvalue weighted by molar-refractivity contribution is 5.79. The van der Waals surface area contributed by atoms with Crippen LogP contribution in [0.3, 0.4) is 0 Å². The van der Waals surface area contributed by atoms with Gasteiger partial charge in [0.05, 0.1) is 18.7 Å². The zero-order valence-electron chi connectivity index (χ0n) is 13.0. The van der Waals surface area contributed by atoms with Gasteiger partial charge in [0.2, 0.25) is 5.91 Å². The monoisotopic (exact) mass is 345 g/mol. The summed E-state index contributed by atoms with van der Waals surface area (Å²) in [6, 6.07) is 4.88. The van der Waals surface area contributed by atoms with Crippen molar-refractivity contribution in [2.24, 2.45) is 0 Å². The molecule has 1 saturated heterocycles. The Hall–Kier alpha value is -2.09. The molecule has 1 N–H and O–H groups in total. The smallest absolute Gasteiger partial charge is 0.416 e. The maximum Gasteiger partial charge on any atom is 0.416 e. The van der Waals surface area contributed by atoms with Crippen LogP contribution in [-0.2, 0) is 20.5 Å². The number of morpholine rings is 1. The fourth-order valence-electron chi connectivity index (χ4n) is 2.56. The van der Waals surface area contributed by atoms with Gasteiger partial charge in [-0.3, -0.25) is 4.79 Å². The van der Waals surface area contributed by atoms with E-state index < -0.39 is 29.7 Å². The molecule has 5 nitrogen and oxygen atoms in total. The van der Waals surface area contributed by atoms with Gasteiger partial charge in [0.15, 0.2) is 6.10 Å². The second-order valence-electron chi connectivity index (χ2n) is 5.77. The summed E-state index contributed by atoms with van der Waals surface area (Å²) in [5.74, 6) is -1.85. The van der Waals surface area contributed by atoms with E-state index in [0.717, 1.165) is 12.1 Å². The minimum Gasteiger partial charge on any atom is -0.479 e. The number of rotatable bonds is 4. The highest BCUT2D eigenvalue weighted by Gasteiger charge is 2.32. The number of carboxylic acid groups (broad SMARTS) is 1. The molecule has 0 radical (unpaired) electrons. The van der Waals surface area contributed by atoms with Gasteiger partial charge in [-0.2, -0.15) is 13.2 Å². The van der Waals surface area contributed by atoms with E-state index in [2.05, 4.69) is 0 Å². The molecule has 0 saturated carbocycles. The average molecular weight is 345 g/mol. The minimum atomic E-state index is -4.43. The van der Waals surface area contributed by atoms with E-state index in [4.69, 9.17) is 9.84 Å². The Labute approximate surface area is 137 Å². The molecule has 1 aromatic rings. The number of amides is 1.